The van der Waals surface area contributed by atoms with Gasteiger partial charge in [-0.3, -0.25) is 9.59 Å². The van der Waals surface area contributed by atoms with Crippen LogP contribution >= 0.6 is 11.6 Å². The Labute approximate surface area is 124 Å². The Bertz CT molecular complexity index is 514. The zero-order valence-corrected chi connectivity index (χ0v) is 12.6. The van der Waals surface area contributed by atoms with Crippen molar-refractivity contribution in [1.82, 2.24) is 4.90 Å². The molecule has 1 fully saturated rings. The summed E-state index contributed by atoms with van der Waals surface area (Å²) in [5.74, 6) is -0.0683. The van der Waals surface area contributed by atoms with E-state index in [1.54, 1.807) is 15.9 Å². The van der Waals surface area contributed by atoms with Gasteiger partial charge in [0.25, 0.3) is 5.91 Å². The van der Waals surface area contributed by atoms with E-state index in [9.17, 15) is 9.59 Å². The first-order valence-corrected chi connectivity index (χ1v) is 7.34. The minimum absolute atomic E-state index is 0.0233. The number of benzene rings is 1. The molecule has 0 aliphatic carbocycles. The van der Waals surface area contributed by atoms with Gasteiger partial charge in [-0.2, -0.15) is 0 Å². The molecule has 1 aliphatic rings. The zero-order valence-electron chi connectivity index (χ0n) is 11.8. The number of halogens is 1. The number of carbonyl (C=O) groups excluding carboxylic acids is 2. The molecule has 108 valence electrons. The van der Waals surface area contributed by atoms with Gasteiger partial charge in [-0.15, -0.1) is 11.6 Å². The van der Waals surface area contributed by atoms with Crippen LogP contribution in [0.4, 0.5) is 5.69 Å². The summed E-state index contributed by atoms with van der Waals surface area (Å²) < 4.78 is 0. The normalized spacial score (nSPS) is 18.4. The maximum Gasteiger partial charge on any atom is 0.255 e. The molecule has 1 aliphatic heterocycles. The monoisotopic (exact) mass is 294 g/mol. The molecule has 20 heavy (non-hydrogen) atoms. The predicted octanol–water partition coefficient (Wildman–Crippen LogP) is 2.51. The van der Waals surface area contributed by atoms with Gasteiger partial charge in [-0.05, 0) is 26.0 Å². The summed E-state index contributed by atoms with van der Waals surface area (Å²) in [6, 6.07) is 7.23. The van der Waals surface area contributed by atoms with Crippen molar-refractivity contribution in [2.45, 2.75) is 25.6 Å². The van der Waals surface area contributed by atoms with Gasteiger partial charge < -0.3 is 9.80 Å². The quantitative estimate of drug-likeness (QED) is 0.801. The van der Waals surface area contributed by atoms with Crippen molar-refractivity contribution in [3.05, 3.63) is 29.8 Å². The van der Waals surface area contributed by atoms with Gasteiger partial charge in [0.2, 0.25) is 5.91 Å². The van der Waals surface area contributed by atoms with E-state index >= 15 is 0 Å². The van der Waals surface area contributed by atoms with Crippen LogP contribution in [0, 0.1) is 0 Å². The van der Waals surface area contributed by atoms with E-state index in [2.05, 4.69) is 0 Å². The maximum absolute atomic E-state index is 12.5. The van der Waals surface area contributed by atoms with Crippen LogP contribution in [0.1, 0.15) is 30.6 Å². The minimum atomic E-state index is -0.181. The number of para-hydroxylation sites is 1. The van der Waals surface area contributed by atoms with Gasteiger partial charge in [0.05, 0.1) is 16.6 Å². The van der Waals surface area contributed by atoms with Crippen molar-refractivity contribution >= 4 is 29.1 Å². The lowest BCUT2D eigenvalue weighted by atomic mass is 10.1. The lowest BCUT2D eigenvalue weighted by Gasteiger charge is -2.24. The van der Waals surface area contributed by atoms with Crippen LogP contribution in [-0.4, -0.2) is 41.7 Å². The molecule has 1 heterocycles. The summed E-state index contributed by atoms with van der Waals surface area (Å²) in [6.07, 6.45) is 0.329. The fourth-order valence-corrected chi connectivity index (χ4v) is 2.74. The van der Waals surface area contributed by atoms with E-state index in [-0.39, 0.29) is 17.2 Å². The summed E-state index contributed by atoms with van der Waals surface area (Å²) >= 11 is 6.04. The second-order valence-electron chi connectivity index (χ2n) is 4.80. The Balaban J connectivity index is 2.36. The number of hydrogen-bond acceptors (Lipinski definition) is 2. The zero-order chi connectivity index (χ0) is 14.7. The Kier molecular flexibility index (Phi) is 4.65. The number of anilines is 1. The highest BCUT2D eigenvalue weighted by molar-refractivity contribution is 6.24. The van der Waals surface area contributed by atoms with Crippen LogP contribution in [0.3, 0.4) is 0 Å². The summed E-state index contributed by atoms with van der Waals surface area (Å²) in [5.41, 5.74) is 1.23. The highest BCUT2D eigenvalue weighted by Gasteiger charge is 2.31. The van der Waals surface area contributed by atoms with E-state index in [4.69, 9.17) is 11.6 Å². The molecule has 1 atom stereocenters. The van der Waals surface area contributed by atoms with Crippen molar-refractivity contribution in [1.29, 1.82) is 0 Å². The second kappa shape index (κ2) is 6.27. The molecule has 2 amide bonds. The lowest BCUT2D eigenvalue weighted by molar-refractivity contribution is -0.117. The molecular weight excluding hydrogens is 276 g/mol. The molecule has 0 N–H and O–H groups in total. The molecule has 0 bridgehead atoms. The molecule has 0 radical (unpaired) electrons. The third kappa shape index (κ3) is 2.80. The summed E-state index contributed by atoms with van der Waals surface area (Å²) in [7, 11) is 0. The van der Waals surface area contributed by atoms with Gasteiger partial charge in [-0.1, -0.05) is 12.1 Å². The van der Waals surface area contributed by atoms with Gasteiger partial charge >= 0.3 is 0 Å². The minimum Gasteiger partial charge on any atom is -0.339 e. The van der Waals surface area contributed by atoms with Crippen molar-refractivity contribution in [2.24, 2.45) is 0 Å². The van der Waals surface area contributed by atoms with Gasteiger partial charge in [0.1, 0.15) is 0 Å². The molecule has 5 heteroatoms. The van der Waals surface area contributed by atoms with Gasteiger partial charge in [0, 0.05) is 26.1 Å². The molecule has 1 saturated heterocycles. The third-order valence-corrected chi connectivity index (χ3v) is 3.85. The fourth-order valence-electron chi connectivity index (χ4n) is 2.47. The smallest absolute Gasteiger partial charge is 0.255 e. The number of alkyl halides is 1. The molecule has 1 unspecified atom stereocenters. The average molecular weight is 295 g/mol. The maximum atomic E-state index is 12.5. The Hall–Kier alpha value is -1.55. The van der Waals surface area contributed by atoms with E-state index in [0.717, 1.165) is 0 Å². The van der Waals surface area contributed by atoms with E-state index in [0.29, 0.717) is 37.3 Å². The van der Waals surface area contributed by atoms with Crippen molar-refractivity contribution < 1.29 is 9.59 Å². The highest BCUT2D eigenvalue weighted by atomic mass is 35.5. The SMILES string of the molecule is CCN(CC)C(=O)c1ccccc1N1CC(Cl)CC1=O. The number of rotatable bonds is 4. The largest absolute Gasteiger partial charge is 0.339 e. The fraction of sp³-hybridized carbons (Fsp3) is 0.467. The number of hydrogen-bond donors (Lipinski definition) is 0. The van der Waals surface area contributed by atoms with Crippen LogP contribution in [0.15, 0.2) is 24.3 Å². The number of carbonyl (C=O) groups is 2. The topological polar surface area (TPSA) is 40.6 Å². The third-order valence-electron chi connectivity index (χ3n) is 3.55. The Morgan fingerprint density at radius 1 is 1.35 bits per heavy atom. The summed E-state index contributed by atoms with van der Waals surface area (Å²) in [5, 5.41) is -0.181. The molecule has 1 aromatic rings. The van der Waals surface area contributed by atoms with Crippen molar-refractivity contribution in [2.75, 3.05) is 24.5 Å². The molecule has 4 nitrogen and oxygen atoms in total. The highest BCUT2D eigenvalue weighted by Crippen LogP contribution is 2.28. The van der Waals surface area contributed by atoms with Crippen molar-refractivity contribution in [3.63, 3.8) is 0 Å². The summed E-state index contributed by atoms with van der Waals surface area (Å²) in [6.45, 7) is 5.65. The first-order chi connectivity index (χ1) is 9.58. The van der Waals surface area contributed by atoms with Crippen LogP contribution < -0.4 is 4.90 Å². The lowest BCUT2D eigenvalue weighted by Crippen LogP contribution is -2.33. The molecule has 0 aromatic heterocycles. The molecule has 1 aromatic carbocycles. The second-order valence-corrected chi connectivity index (χ2v) is 5.42. The van der Waals surface area contributed by atoms with E-state index in [1.807, 2.05) is 32.0 Å². The van der Waals surface area contributed by atoms with Gasteiger partial charge in [0.15, 0.2) is 0 Å². The van der Waals surface area contributed by atoms with Crippen LogP contribution in [0.5, 0.6) is 0 Å². The predicted molar refractivity (Wildman–Crippen MR) is 80.3 cm³/mol. The summed E-state index contributed by atoms with van der Waals surface area (Å²) in [4.78, 5) is 27.9. The number of nitrogens with zero attached hydrogens (tertiary/aromatic N) is 2. The first kappa shape index (κ1) is 14.9. The molecular formula is C15H19ClN2O2. The first-order valence-electron chi connectivity index (χ1n) is 6.91. The van der Waals surface area contributed by atoms with Gasteiger partial charge in [-0.25, -0.2) is 0 Å². The van der Waals surface area contributed by atoms with Crippen LogP contribution in [0.25, 0.3) is 0 Å². The standard InChI is InChI=1S/C15H19ClN2O2/c1-3-17(4-2)15(20)12-7-5-6-8-13(12)18-10-11(16)9-14(18)19/h5-8,11H,3-4,9-10H2,1-2H3. The van der Waals surface area contributed by atoms with Crippen molar-refractivity contribution in [3.8, 4) is 0 Å². The average Bonchev–Trinajstić information content (AvgIpc) is 2.79. The van der Waals surface area contributed by atoms with Crippen LogP contribution in [0.2, 0.25) is 0 Å². The molecule has 0 spiro atoms. The van der Waals surface area contributed by atoms with Crippen LogP contribution in [-0.2, 0) is 4.79 Å². The molecule has 2 rings (SSSR count). The Morgan fingerprint density at radius 2 is 2.00 bits per heavy atom. The Morgan fingerprint density at radius 3 is 2.55 bits per heavy atom. The van der Waals surface area contributed by atoms with E-state index in [1.165, 1.54) is 0 Å². The molecule has 0 saturated carbocycles. The van der Waals surface area contributed by atoms with E-state index < -0.39 is 0 Å². The number of amides is 2.